The van der Waals surface area contributed by atoms with Crippen molar-refractivity contribution in [1.82, 2.24) is 14.7 Å². The first-order valence-electron chi connectivity index (χ1n) is 9.76. The molecule has 0 unspecified atom stereocenters. The third-order valence-corrected chi connectivity index (χ3v) is 5.81. The van der Waals surface area contributed by atoms with Gasteiger partial charge in [-0.15, -0.1) is 11.3 Å². The van der Waals surface area contributed by atoms with Gasteiger partial charge in [-0.1, -0.05) is 30.3 Å². The molecule has 0 spiro atoms. The number of ether oxygens (including phenoxy) is 2. The van der Waals surface area contributed by atoms with Crippen LogP contribution in [0.4, 0.5) is 0 Å². The Balaban J connectivity index is 1.65. The van der Waals surface area contributed by atoms with Crippen LogP contribution in [0.25, 0.3) is 16.3 Å². The molecule has 0 fully saturated rings. The number of carbonyl (C=O) groups excluding carboxylic acids is 1. The van der Waals surface area contributed by atoms with Crippen molar-refractivity contribution in [3.05, 3.63) is 83.4 Å². The van der Waals surface area contributed by atoms with E-state index in [4.69, 9.17) is 14.6 Å². The molecule has 0 saturated heterocycles. The van der Waals surface area contributed by atoms with Gasteiger partial charge in [-0.2, -0.15) is 5.10 Å². The highest BCUT2D eigenvalue weighted by Crippen LogP contribution is 2.30. The number of aromatic nitrogens is 2. The van der Waals surface area contributed by atoms with Crippen molar-refractivity contribution < 1.29 is 14.3 Å². The van der Waals surface area contributed by atoms with Gasteiger partial charge in [0.2, 0.25) is 0 Å². The Morgan fingerprint density at radius 1 is 1.03 bits per heavy atom. The maximum atomic E-state index is 13.4. The minimum Gasteiger partial charge on any atom is -0.493 e. The molecule has 0 N–H and O–H groups in total. The third-order valence-electron chi connectivity index (χ3n) is 4.93. The number of nitrogens with zero attached hydrogens (tertiary/aromatic N) is 3. The first kappa shape index (κ1) is 20.7. The highest BCUT2D eigenvalue weighted by molar-refractivity contribution is 7.13. The molecule has 4 aromatic rings. The number of rotatable bonds is 7. The average Bonchev–Trinajstić information content (AvgIpc) is 3.49. The number of amides is 1. The average molecular weight is 434 g/mol. The minimum absolute atomic E-state index is 0.0969. The van der Waals surface area contributed by atoms with Crippen LogP contribution in [0.15, 0.2) is 72.2 Å². The molecule has 0 aliphatic rings. The van der Waals surface area contributed by atoms with E-state index in [2.05, 4.69) is 0 Å². The van der Waals surface area contributed by atoms with Crippen LogP contribution in [-0.2, 0) is 6.54 Å². The molecule has 0 aliphatic carbocycles. The second-order valence-corrected chi connectivity index (χ2v) is 7.95. The molecule has 2 aromatic heterocycles. The summed E-state index contributed by atoms with van der Waals surface area (Å²) in [5.74, 6) is 1.20. The van der Waals surface area contributed by atoms with Gasteiger partial charge in [0.25, 0.3) is 5.91 Å². The maximum Gasteiger partial charge on any atom is 0.257 e. The fraction of sp³-hybridized carbons (Fsp3) is 0.167. The Morgan fingerprint density at radius 3 is 2.48 bits per heavy atom. The van der Waals surface area contributed by atoms with Crippen molar-refractivity contribution in [3.63, 3.8) is 0 Å². The molecule has 31 heavy (non-hydrogen) atoms. The molecule has 7 heteroatoms. The van der Waals surface area contributed by atoms with E-state index >= 15 is 0 Å². The zero-order chi connectivity index (χ0) is 21.8. The highest BCUT2D eigenvalue weighted by atomic mass is 32.1. The molecule has 0 radical (unpaired) electrons. The van der Waals surface area contributed by atoms with Gasteiger partial charge in [0.15, 0.2) is 11.5 Å². The van der Waals surface area contributed by atoms with E-state index in [0.29, 0.717) is 29.3 Å². The monoisotopic (exact) mass is 433 g/mol. The fourth-order valence-electron chi connectivity index (χ4n) is 3.37. The summed E-state index contributed by atoms with van der Waals surface area (Å²) in [6.45, 7) is 0.430. The van der Waals surface area contributed by atoms with Crippen LogP contribution < -0.4 is 9.47 Å². The lowest BCUT2D eigenvalue weighted by Crippen LogP contribution is -2.26. The molecule has 0 bridgehead atoms. The molecule has 2 aromatic carbocycles. The summed E-state index contributed by atoms with van der Waals surface area (Å²) in [6, 6.07) is 19.4. The fourth-order valence-corrected chi connectivity index (χ4v) is 4.09. The summed E-state index contributed by atoms with van der Waals surface area (Å²) in [4.78, 5) is 16.0. The minimum atomic E-state index is -0.0969. The molecule has 4 rings (SSSR count). The smallest absolute Gasteiger partial charge is 0.257 e. The van der Waals surface area contributed by atoms with Crippen LogP contribution in [-0.4, -0.2) is 41.9 Å². The van der Waals surface area contributed by atoms with Crippen LogP contribution in [0.2, 0.25) is 0 Å². The van der Waals surface area contributed by atoms with Crippen LogP contribution >= 0.6 is 11.3 Å². The van der Waals surface area contributed by atoms with Crippen molar-refractivity contribution in [2.75, 3.05) is 21.3 Å². The summed E-state index contributed by atoms with van der Waals surface area (Å²) in [6.07, 6.45) is 1.80. The summed E-state index contributed by atoms with van der Waals surface area (Å²) >= 11 is 1.56. The molecule has 6 nitrogen and oxygen atoms in total. The summed E-state index contributed by atoms with van der Waals surface area (Å²) in [5, 5.41) is 6.71. The third kappa shape index (κ3) is 4.32. The Labute approximate surface area is 185 Å². The molecule has 0 atom stereocenters. The van der Waals surface area contributed by atoms with E-state index in [1.54, 1.807) is 48.4 Å². The summed E-state index contributed by atoms with van der Waals surface area (Å²) < 4.78 is 12.4. The first-order chi connectivity index (χ1) is 15.1. The molecule has 1 amide bonds. The first-order valence-corrected chi connectivity index (χ1v) is 10.6. The zero-order valence-electron chi connectivity index (χ0n) is 17.6. The lowest BCUT2D eigenvalue weighted by atomic mass is 10.1. The van der Waals surface area contributed by atoms with E-state index < -0.39 is 0 Å². The summed E-state index contributed by atoms with van der Waals surface area (Å²) in [7, 11) is 4.99. The number of methoxy groups -OCH3 is 2. The molecular formula is C24H23N3O3S. The van der Waals surface area contributed by atoms with Gasteiger partial charge in [-0.3, -0.25) is 4.79 Å². The second-order valence-electron chi connectivity index (χ2n) is 7.00. The van der Waals surface area contributed by atoms with Crippen LogP contribution in [0.5, 0.6) is 11.5 Å². The van der Waals surface area contributed by atoms with E-state index in [0.717, 1.165) is 16.1 Å². The number of hydrogen-bond acceptors (Lipinski definition) is 5. The lowest BCUT2D eigenvalue weighted by Gasteiger charge is -2.18. The van der Waals surface area contributed by atoms with Gasteiger partial charge in [0.05, 0.1) is 30.3 Å². The Bertz CT molecular complexity index is 1170. The molecule has 158 valence electrons. The zero-order valence-corrected chi connectivity index (χ0v) is 18.4. The van der Waals surface area contributed by atoms with Crippen molar-refractivity contribution >= 4 is 17.2 Å². The van der Waals surface area contributed by atoms with Crippen molar-refractivity contribution in [2.24, 2.45) is 0 Å². The van der Waals surface area contributed by atoms with Gasteiger partial charge in [0, 0.05) is 19.8 Å². The Hall–Kier alpha value is -3.58. The number of hydrogen-bond donors (Lipinski definition) is 0. The number of benzene rings is 2. The van der Waals surface area contributed by atoms with E-state index in [1.165, 1.54) is 0 Å². The van der Waals surface area contributed by atoms with Gasteiger partial charge >= 0.3 is 0 Å². The normalized spacial score (nSPS) is 10.7. The Morgan fingerprint density at radius 2 is 1.81 bits per heavy atom. The molecule has 0 aliphatic heterocycles. The predicted molar refractivity (Wildman–Crippen MR) is 122 cm³/mol. The number of thiophene rings is 1. The van der Waals surface area contributed by atoms with Crippen LogP contribution in [0, 0.1) is 0 Å². The van der Waals surface area contributed by atoms with Gasteiger partial charge in [0.1, 0.15) is 5.69 Å². The van der Waals surface area contributed by atoms with E-state index in [-0.39, 0.29) is 5.91 Å². The molecular weight excluding hydrogens is 410 g/mol. The second kappa shape index (κ2) is 9.06. The van der Waals surface area contributed by atoms with E-state index in [1.807, 2.05) is 66.0 Å². The Kier molecular flexibility index (Phi) is 6.04. The topological polar surface area (TPSA) is 56.6 Å². The maximum absolute atomic E-state index is 13.4. The highest BCUT2D eigenvalue weighted by Gasteiger charge is 2.22. The summed E-state index contributed by atoms with van der Waals surface area (Å²) in [5.41, 5.74) is 3.10. The van der Waals surface area contributed by atoms with Gasteiger partial charge in [-0.25, -0.2) is 4.68 Å². The number of carbonyl (C=O) groups is 1. The van der Waals surface area contributed by atoms with Crippen LogP contribution in [0.3, 0.4) is 0 Å². The number of para-hydroxylation sites is 1. The predicted octanol–water partition coefficient (Wildman–Crippen LogP) is 4.89. The van der Waals surface area contributed by atoms with Gasteiger partial charge in [-0.05, 0) is 41.3 Å². The van der Waals surface area contributed by atoms with Crippen molar-refractivity contribution in [1.29, 1.82) is 0 Å². The lowest BCUT2D eigenvalue weighted by molar-refractivity contribution is 0.0785. The van der Waals surface area contributed by atoms with Gasteiger partial charge < -0.3 is 14.4 Å². The standard InChI is InChI=1S/C24H23N3O3S/c1-26(15-17-11-12-20(29-2)21(14-17)30-3)24(28)19-16-27(18-8-5-4-6-9-18)25-23(19)22-10-7-13-31-22/h4-14,16H,15H2,1-3H3. The quantitative estimate of drug-likeness (QED) is 0.416. The van der Waals surface area contributed by atoms with Crippen molar-refractivity contribution in [2.45, 2.75) is 6.54 Å². The van der Waals surface area contributed by atoms with Crippen molar-refractivity contribution in [3.8, 4) is 27.8 Å². The molecule has 0 saturated carbocycles. The SMILES string of the molecule is COc1ccc(CN(C)C(=O)c2cn(-c3ccccc3)nc2-c2cccs2)cc1OC. The van der Waals surface area contributed by atoms with Crippen LogP contribution in [0.1, 0.15) is 15.9 Å². The molecule has 2 heterocycles. The largest absolute Gasteiger partial charge is 0.493 e. The van der Waals surface area contributed by atoms with E-state index in [9.17, 15) is 4.79 Å².